The minimum atomic E-state index is -0.263. The van der Waals surface area contributed by atoms with Gasteiger partial charge in [0.05, 0.1) is 0 Å². The van der Waals surface area contributed by atoms with Gasteiger partial charge in [-0.1, -0.05) is 19.8 Å². The molecule has 1 saturated carbocycles. The van der Waals surface area contributed by atoms with Crippen molar-refractivity contribution in [2.75, 3.05) is 0 Å². The molecule has 1 aliphatic carbocycles. The number of aryl methyl sites for hydroxylation is 1. The molecule has 0 saturated heterocycles. The van der Waals surface area contributed by atoms with Crippen LogP contribution in [0.25, 0.3) is 0 Å². The molecule has 0 amide bonds. The molecule has 0 aromatic heterocycles. The van der Waals surface area contributed by atoms with Crippen LogP contribution in [0.15, 0.2) is 18.2 Å². The van der Waals surface area contributed by atoms with Crippen molar-refractivity contribution in [2.24, 2.45) is 11.8 Å². The van der Waals surface area contributed by atoms with E-state index in [0.717, 1.165) is 24.3 Å². The Morgan fingerprint density at radius 2 is 1.95 bits per heavy atom. The zero-order chi connectivity index (χ0) is 13.8. The van der Waals surface area contributed by atoms with Crippen LogP contribution in [0.1, 0.15) is 61.4 Å². The van der Waals surface area contributed by atoms with Crippen LogP contribution in [0, 0.1) is 24.6 Å². The maximum atomic E-state index is 13.1. The van der Waals surface area contributed by atoms with Gasteiger partial charge in [0.1, 0.15) is 5.82 Å². The summed E-state index contributed by atoms with van der Waals surface area (Å²) in [6.45, 7) is 4.04. The quantitative estimate of drug-likeness (QED) is 0.704. The molecule has 2 rings (SSSR count). The molecule has 0 bridgehead atoms. The highest BCUT2D eigenvalue weighted by molar-refractivity contribution is 5.99. The first kappa shape index (κ1) is 14.2. The first-order valence-corrected chi connectivity index (χ1v) is 7.42. The fourth-order valence-electron chi connectivity index (χ4n) is 3.25. The van der Waals surface area contributed by atoms with Crippen molar-refractivity contribution in [1.82, 2.24) is 0 Å². The third kappa shape index (κ3) is 3.43. The Balaban J connectivity index is 2.01. The average molecular weight is 262 g/mol. The highest BCUT2D eigenvalue weighted by Gasteiger charge is 2.27. The summed E-state index contributed by atoms with van der Waals surface area (Å²) >= 11 is 0. The topological polar surface area (TPSA) is 17.1 Å². The lowest BCUT2D eigenvalue weighted by atomic mass is 9.77. The predicted molar refractivity (Wildman–Crippen MR) is 75.8 cm³/mol. The van der Waals surface area contributed by atoms with Crippen LogP contribution in [-0.4, -0.2) is 5.78 Å². The first-order chi connectivity index (χ1) is 9.11. The van der Waals surface area contributed by atoms with Crippen molar-refractivity contribution < 1.29 is 9.18 Å². The van der Waals surface area contributed by atoms with Crippen LogP contribution >= 0.6 is 0 Å². The molecule has 0 N–H and O–H groups in total. The summed E-state index contributed by atoms with van der Waals surface area (Å²) in [5, 5.41) is 0. The summed E-state index contributed by atoms with van der Waals surface area (Å²) in [5.74, 6) is 0.911. The lowest BCUT2D eigenvalue weighted by Crippen LogP contribution is -2.22. The van der Waals surface area contributed by atoms with E-state index >= 15 is 0 Å². The molecule has 0 heterocycles. The number of rotatable bonds is 4. The van der Waals surface area contributed by atoms with Crippen molar-refractivity contribution >= 4 is 5.78 Å². The monoisotopic (exact) mass is 262 g/mol. The van der Waals surface area contributed by atoms with E-state index in [1.54, 1.807) is 6.07 Å². The second-order valence-electron chi connectivity index (χ2n) is 5.83. The van der Waals surface area contributed by atoms with Gasteiger partial charge in [-0.3, -0.25) is 4.79 Å². The predicted octanol–water partition coefficient (Wildman–Crippen LogP) is 4.92. The molecule has 1 aromatic carbocycles. The van der Waals surface area contributed by atoms with E-state index in [9.17, 15) is 9.18 Å². The fourth-order valence-corrected chi connectivity index (χ4v) is 3.25. The molecule has 2 heteroatoms. The maximum Gasteiger partial charge on any atom is 0.166 e. The molecule has 0 atom stereocenters. The number of Topliss-reactive ketones (excluding diaryl/α,β-unsaturated/α-hetero) is 1. The lowest BCUT2D eigenvalue weighted by molar-refractivity contribution is 0.0869. The van der Waals surface area contributed by atoms with Crippen LogP contribution in [0.2, 0.25) is 0 Å². The maximum absolute atomic E-state index is 13.1. The largest absolute Gasteiger partial charge is 0.294 e. The number of carbonyl (C=O) groups excluding carboxylic acids is 1. The molecular formula is C17H23FO. The molecular weight excluding hydrogens is 239 g/mol. The lowest BCUT2D eigenvalue weighted by Gasteiger charge is -2.27. The van der Waals surface area contributed by atoms with Gasteiger partial charge >= 0.3 is 0 Å². The summed E-state index contributed by atoms with van der Waals surface area (Å²) in [6, 6.07) is 4.49. The van der Waals surface area contributed by atoms with E-state index in [-0.39, 0.29) is 17.5 Å². The highest BCUT2D eigenvalue weighted by atomic mass is 19.1. The van der Waals surface area contributed by atoms with Gasteiger partial charge in [0.15, 0.2) is 5.78 Å². The van der Waals surface area contributed by atoms with Crippen molar-refractivity contribution in [3.63, 3.8) is 0 Å². The molecule has 1 aromatic rings. The van der Waals surface area contributed by atoms with E-state index in [1.807, 2.05) is 6.92 Å². The Morgan fingerprint density at radius 3 is 2.53 bits per heavy atom. The number of hydrogen-bond donors (Lipinski definition) is 0. The normalized spacial score (nSPS) is 23.3. The zero-order valence-electron chi connectivity index (χ0n) is 11.9. The molecule has 19 heavy (non-hydrogen) atoms. The van der Waals surface area contributed by atoms with Gasteiger partial charge in [0.2, 0.25) is 0 Å². The molecule has 0 unspecified atom stereocenters. The Bertz CT molecular complexity index is 445. The first-order valence-electron chi connectivity index (χ1n) is 7.42. The van der Waals surface area contributed by atoms with Crippen LogP contribution in [0.3, 0.4) is 0 Å². The Labute approximate surface area is 115 Å². The smallest absolute Gasteiger partial charge is 0.166 e. The Kier molecular flexibility index (Phi) is 4.73. The number of hydrogen-bond acceptors (Lipinski definition) is 1. The molecule has 1 nitrogen and oxygen atoms in total. The van der Waals surface area contributed by atoms with Crippen LogP contribution in [0.4, 0.5) is 4.39 Å². The fraction of sp³-hybridized carbons (Fsp3) is 0.588. The Morgan fingerprint density at radius 1 is 1.26 bits per heavy atom. The van der Waals surface area contributed by atoms with Crippen LogP contribution in [-0.2, 0) is 0 Å². The number of carbonyl (C=O) groups is 1. The molecule has 0 radical (unpaired) electrons. The molecule has 104 valence electrons. The summed E-state index contributed by atoms with van der Waals surface area (Å²) in [6.07, 6.45) is 6.87. The average Bonchev–Trinajstić information content (AvgIpc) is 2.39. The van der Waals surface area contributed by atoms with Crippen molar-refractivity contribution in [1.29, 1.82) is 0 Å². The summed E-state index contributed by atoms with van der Waals surface area (Å²) in [4.78, 5) is 12.5. The third-order valence-electron chi connectivity index (χ3n) is 4.37. The van der Waals surface area contributed by atoms with Crippen LogP contribution in [0.5, 0.6) is 0 Å². The zero-order valence-corrected chi connectivity index (χ0v) is 11.9. The highest BCUT2D eigenvalue weighted by Crippen LogP contribution is 2.33. The standard InChI is InChI=1S/C17H23FO/c1-3-4-13-5-7-14(8-6-13)17(19)16-10-9-15(18)11-12(16)2/h9-11,13-14H,3-8H2,1-2H3. The third-order valence-corrected chi connectivity index (χ3v) is 4.37. The number of benzene rings is 1. The van der Waals surface area contributed by atoms with E-state index < -0.39 is 0 Å². The Hall–Kier alpha value is -1.18. The molecule has 1 fully saturated rings. The van der Waals surface area contributed by atoms with Gasteiger partial charge in [0, 0.05) is 11.5 Å². The molecule has 0 aliphatic heterocycles. The van der Waals surface area contributed by atoms with Gasteiger partial charge in [-0.2, -0.15) is 0 Å². The minimum Gasteiger partial charge on any atom is -0.294 e. The number of halogens is 1. The summed E-state index contributed by atoms with van der Waals surface area (Å²) in [7, 11) is 0. The van der Waals surface area contributed by atoms with Gasteiger partial charge in [-0.25, -0.2) is 4.39 Å². The van der Waals surface area contributed by atoms with E-state index in [1.165, 1.54) is 37.8 Å². The van der Waals surface area contributed by atoms with Gasteiger partial charge in [0.25, 0.3) is 0 Å². The number of ketones is 1. The van der Waals surface area contributed by atoms with Gasteiger partial charge in [-0.15, -0.1) is 0 Å². The molecule has 0 spiro atoms. The summed E-state index contributed by atoms with van der Waals surface area (Å²) < 4.78 is 13.1. The minimum absolute atomic E-state index is 0.150. The SMILES string of the molecule is CCCC1CCC(C(=O)c2ccc(F)cc2C)CC1. The van der Waals surface area contributed by atoms with Crippen LogP contribution < -0.4 is 0 Å². The second-order valence-corrected chi connectivity index (χ2v) is 5.83. The summed E-state index contributed by atoms with van der Waals surface area (Å²) in [5.41, 5.74) is 1.47. The van der Waals surface area contributed by atoms with E-state index in [2.05, 4.69) is 6.92 Å². The van der Waals surface area contributed by atoms with Crippen molar-refractivity contribution in [3.8, 4) is 0 Å². The molecule has 1 aliphatic rings. The van der Waals surface area contributed by atoms with E-state index in [0.29, 0.717) is 5.56 Å². The van der Waals surface area contributed by atoms with Crippen molar-refractivity contribution in [3.05, 3.63) is 35.1 Å². The van der Waals surface area contributed by atoms with E-state index in [4.69, 9.17) is 0 Å². The second kappa shape index (κ2) is 6.31. The van der Waals surface area contributed by atoms with Crippen molar-refractivity contribution in [2.45, 2.75) is 52.4 Å². The van der Waals surface area contributed by atoms with Gasteiger partial charge in [-0.05, 0) is 62.3 Å². The van der Waals surface area contributed by atoms with Gasteiger partial charge < -0.3 is 0 Å².